The first kappa shape index (κ1) is 18.1. The van der Waals surface area contributed by atoms with Crippen LogP contribution in [0.4, 0.5) is 0 Å². The normalized spacial score (nSPS) is 15.4. The maximum atomic E-state index is 13.1. The van der Waals surface area contributed by atoms with Crippen LogP contribution in [0.25, 0.3) is 11.3 Å². The lowest BCUT2D eigenvalue weighted by molar-refractivity contribution is 0.0925. The van der Waals surface area contributed by atoms with Crippen molar-refractivity contribution in [2.75, 3.05) is 0 Å². The number of ketones is 1. The highest BCUT2D eigenvalue weighted by atomic mass is 31.0. The van der Waals surface area contributed by atoms with Gasteiger partial charge in [-0.1, -0.05) is 36.9 Å². The van der Waals surface area contributed by atoms with Crippen molar-refractivity contribution in [1.29, 1.82) is 0 Å². The zero-order valence-corrected chi connectivity index (χ0v) is 16.6. The molecule has 134 valence electrons. The van der Waals surface area contributed by atoms with Gasteiger partial charge in [0.15, 0.2) is 5.78 Å². The molecule has 3 atom stereocenters. The Morgan fingerprint density at radius 1 is 1.24 bits per heavy atom. The van der Waals surface area contributed by atoms with Gasteiger partial charge in [-0.05, 0) is 42.7 Å². The summed E-state index contributed by atoms with van der Waals surface area (Å²) in [5.74, 6) is 0.527. The van der Waals surface area contributed by atoms with E-state index >= 15 is 0 Å². The summed E-state index contributed by atoms with van der Waals surface area (Å²) in [4.78, 5) is 31.6. The van der Waals surface area contributed by atoms with E-state index in [4.69, 9.17) is 0 Å². The first-order valence-electron chi connectivity index (χ1n) is 9.19. The number of carbonyl (C=O) groups excluding carboxylic acids is 1. The monoisotopic (exact) mass is 358 g/mol. The largest absolute Gasteiger partial charge is 0.357 e. The number of nitrogens with one attached hydrogen (secondary N) is 2. The van der Waals surface area contributed by atoms with Crippen molar-refractivity contribution in [1.82, 2.24) is 9.97 Å². The van der Waals surface area contributed by atoms with Crippen LogP contribution >= 0.6 is 9.24 Å². The lowest BCUT2D eigenvalue weighted by atomic mass is 9.84. The molecule has 5 heteroatoms. The quantitative estimate of drug-likeness (QED) is 0.632. The van der Waals surface area contributed by atoms with Crippen LogP contribution in [0.2, 0.25) is 0 Å². The van der Waals surface area contributed by atoms with E-state index in [1.807, 2.05) is 13.1 Å². The van der Waals surface area contributed by atoms with Crippen molar-refractivity contribution >= 4 is 20.3 Å². The topological polar surface area (TPSA) is 65.7 Å². The summed E-state index contributed by atoms with van der Waals surface area (Å²) < 4.78 is 0. The number of pyridine rings is 1. The third kappa shape index (κ3) is 2.91. The molecule has 0 saturated carbocycles. The summed E-state index contributed by atoms with van der Waals surface area (Å²) in [6.45, 7) is 8.36. The van der Waals surface area contributed by atoms with Gasteiger partial charge < -0.3 is 9.97 Å². The molecule has 0 aromatic carbocycles. The SMILES string of the molecule is CCC(C)C(=O)c1c(C(C)CC)[nH]c2c1CCc1c[nH]c(=O)c(P)c1-2. The van der Waals surface area contributed by atoms with Crippen LogP contribution in [-0.4, -0.2) is 15.8 Å². The molecule has 0 amide bonds. The summed E-state index contributed by atoms with van der Waals surface area (Å²) in [6.07, 6.45) is 5.30. The summed E-state index contributed by atoms with van der Waals surface area (Å²) >= 11 is 0. The van der Waals surface area contributed by atoms with Crippen molar-refractivity contribution < 1.29 is 4.79 Å². The van der Waals surface area contributed by atoms with Crippen molar-refractivity contribution in [3.63, 3.8) is 0 Å². The standard InChI is InChI=1S/C20H27N2O2P/c1-5-10(3)16-15(18(23)11(4)6-2)13-8-7-12-9-21-20(24)19(25)14(12)17(13)22-16/h9-11,22H,5-8,25H2,1-4H3,(H,21,24). The highest BCUT2D eigenvalue weighted by molar-refractivity contribution is 7.27. The van der Waals surface area contributed by atoms with E-state index < -0.39 is 0 Å². The molecule has 2 aromatic heterocycles. The number of rotatable bonds is 5. The molecule has 1 aliphatic rings. The van der Waals surface area contributed by atoms with Crippen LogP contribution in [0.5, 0.6) is 0 Å². The minimum Gasteiger partial charge on any atom is -0.357 e. The molecule has 3 unspecified atom stereocenters. The van der Waals surface area contributed by atoms with E-state index in [-0.39, 0.29) is 23.2 Å². The molecule has 4 nitrogen and oxygen atoms in total. The molecule has 1 aliphatic carbocycles. The van der Waals surface area contributed by atoms with Gasteiger partial charge in [-0.15, -0.1) is 0 Å². The number of H-pyrrole nitrogens is 2. The van der Waals surface area contributed by atoms with E-state index in [1.54, 1.807) is 0 Å². The molecule has 2 heterocycles. The third-order valence-electron chi connectivity index (χ3n) is 5.65. The predicted molar refractivity (Wildman–Crippen MR) is 106 cm³/mol. The lowest BCUT2D eigenvalue weighted by Gasteiger charge is -2.19. The number of Topliss-reactive ketones (excluding diaryl/α,β-unsaturated/α-hetero) is 1. The Bertz CT molecular complexity index is 879. The number of carbonyl (C=O) groups is 1. The fourth-order valence-corrected chi connectivity index (χ4v) is 4.06. The van der Waals surface area contributed by atoms with E-state index in [0.29, 0.717) is 5.30 Å². The Balaban J connectivity index is 2.29. The Hall–Kier alpha value is -1.67. The zero-order chi connectivity index (χ0) is 18.3. The summed E-state index contributed by atoms with van der Waals surface area (Å²) in [6, 6.07) is 0. The van der Waals surface area contributed by atoms with Gasteiger partial charge >= 0.3 is 0 Å². The molecule has 0 fully saturated rings. The molecular weight excluding hydrogens is 331 g/mol. The van der Waals surface area contributed by atoms with Crippen LogP contribution in [0.15, 0.2) is 11.0 Å². The summed E-state index contributed by atoms with van der Waals surface area (Å²) in [5.41, 5.74) is 6.00. The highest BCUT2D eigenvalue weighted by Crippen LogP contribution is 2.39. The summed E-state index contributed by atoms with van der Waals surface area (Å²) in [5, 5.41) is 0.651. The smallest absolute Gasteiger partial charge is 0.255 e. The molecule has 0 aliphatic heterocycles. The Kier molecular flexibility index (Phi) is 5.02. The molecule has 0 bridgehead atoms. The van der Waals surface area contributed by atoms with Gasteiger partial charge in [0.2, 0.25) is 0 Å². The molecule has 2 aromatic rings. The molecular formula is C20H27N2O2P. The molecule has 3 rings (SSSR count). The molecule has 25 heavy (non-hydrogen) atoms. The van der Waals surface area contributed by atoms with Crippen molar-refractivity contribution in [3.8, 4) is 11.3 Å². The minimum absolute atomic E-state index is 0.0127. The van der Waals surface area contributed by atoms with Crippen molar-refractivity contribution in [3.05, 3.63) is 38.9 Å². The second-order valence-corrected chi connectivity index (χ2v) is 7.76. The predicted octanol–water partition coefficient (Wildman–Crippen LogP) is 3.71. The highest BCUT2D eigenvalue weighted by Gasteiger charge is 2.31. The van der Waals surface area contributed by atoms with Gasteiger partial charge in [0.1, 0.15) is 0 Å². The Morgan fingerprint density at radius 3 is 2.60 bits per heavy atom. The van der Waals surface area contributed by atoms with E-state index in [1.165, 1.54) is 0 Å². The maximum Gasteiger partial charge on any atom is 0.255 e. The summed E-state index contributed by atoms with van der Waals surface area (Å²) in [7, 11) is 2.57. The molecule has 0 spiro atoms. The van der Waals surface area contributed by atoms with Crippen molar-refractivity contribution in [2.45, 2.75) is 59.3 Å². The first-order chi connectivity index (χ1) is 11.9. The fourth-order valence-electron chi connectivity index (χ4n) is 3.65. The zero-order valence-electron chi connectivity index (χ0n) is 15.5. The van der Waals surface area contributed by atoms with Crippen LogP contribution < -0.4 is 10.9 Å². The van der Waals surface area contributed by atoms with Gasteiger partial charge in [0, 0.05) is 34.2 Å². The Labute approximate surface area is 151 Å². The average molecular weight is 358 g/mol. The van der Waals surface area contributed by atoms with Crippen LogP contribution in [0.3, 0.4) is 0 Å². The number of hydrogen-bond acceptors (Lipinski definition) is 2. The maximum absolute atomic E-state index is 13.1. The van der Waals surface area contributed by atoms with Crippen LogP contribution in [-0.2, 0) is 12.8 Å². The van der Waals surface area contributed by atoms with Gasteiger partial charge in [-0.2, -0.15) is 0 Å². The number of hydrogen-bond donors (Lipinski definition) is 2. The second kappa shape index (κ2) is 6.92. The van der Waals surface area contributed by atoms with E-state index in [2.05, 4.69) is 40.0 Å². The first-order valence-corrected chi connectivity index (χ1v) is 9.77. The second-order valence-electron chi connectivity index (χ2n) is 7.18. The fraction of sp³-hybridized carbons (Fsp3) is 0.500. The lowest BCUT2D eigenvalue weighted by Crippen LogP contribution is -2.26. The number of aromatic amines is 2. The molecule has 0 saturated heterocycles. The van der Waals surface area contributed by atoms with Crippen LogP contribution in [0, 0.1) is 5.92 Å². The van der Waals surface area contributed by atoms with E-state index in [0.717, 1.165) is 59.3 Å². The number of fused-ring (bicyclic) bond motifs is 3. The Morgan fingerprint density at radius 2 is 1.96 bits per heavy atom. The molecule has 2 N–H and O–H groups in total. The third-order valence-corrected chi connectivity index (χ3v) is 6.20. The van der Waals surface area contributed by atoms with Gasteiger partial charge in [-0.3, -0.25) is 9.59 Å². The van der Waals surface area contributed by atoms with Crippen molar-refractivity contribution in [2.24, 2.45) is 5.92 Å². The van der Waals surface area contributed by atoms with Crippen LogP contribution in [0.1, 0.15) is 73.6 Å². The average Bonchev–Trinajstić information content (AvgIpc) is 3.01. The van der Waals surface area contributed by atoms with Gasteiger partial charge in [0.05, 0.1) is 5.69 Å². The van der Waals surface area contributed by atoms with Gasteiger partial charge in [-0.25, -0.2) is 0 Å². The molecule has 0 radical (unpaired) electrons. The number of aryl methyl sites for hydroxylation is 1. The van der Waals surface area contributed by atoms with E-state index in [9.17, 15) is 9.59 Å². The van der Waals surface area contributed by atoms with Gasteiger partial charge in [0.25, 0.3) is 5.56 Å². The number of aromatic nitrogens is 2. The minimum atomic E-state index is -0.0916.